The van der Waals surface area contributed by atoms with Gasteiger partial charge in [0.2, 0.25) is 10.0 Å². The van der Waals surface area contributed by atoms with E-state index in [9.17, 15) is 13.2 Å². The average molecular weight is 407 g/mol. The maximum absolute atomic E-state index is 12.5. The summed E-state index contributed by atoms with van der Waals surface area (Å²) in [6.45, 7) is 0. The van der Waals surface area contributed by atoms with E-state index in [1.807, 2.05) is 60.7 Å². The molecule has 1 amide bonds. The molecular weight excluding hydrogens is 386 g/mol. The van der Waals surface area contributed by atoms with Gasteiger partial charge in [0.05, 0.1) is 10.6 Å². The van der Waals surface area contributed by atoms with Crippen LogP contribution < -0.4 is 5.43 Å². The summed E-state index contributed by atoms with van der Waals surface area (Å²) in [7, 11) is -0.628. The zero-order valence-corrected chi connectivity index (χ0v) is 16.9. The van der Waals surface area contributed by atoms with Crippen molar-refractivity contribution in [3.8, 4) is 0 Å². The first-order chi connectivity index (χ1) is 13.9. The van der Waals surface area contributed by atoms with Crippen molar-refractivity contribution in [1.29, 1.82) is 0 Å². The highest BCUT2D eigenvalue weighted by Crippen LogP contribution is 2.14. The Bertz CT molecular complexity index is 1070. The normalized spacial score (nSPS) is 11.1. The maximum atomic E-state index is 12.5. The van der Waals surface area contributed by atoms with E-state index in [0.29, 0.717) is 11.3 Å². The topological polar surface area (TPSA) is 78.8 Å². The molecule has 0 spiro atoms. The molecule has 148 valence electrons. The average Bonchev–Trinajstić information content (AvgIpc) is 2.75. The predicted molar refractivity (Wildman–Crippen MR) is 113 cm³/mol. The first-order valence-corrected chi connectivity index (χ1v) is 10.3. The summed E-state index contributed by atoms with van der Waals surface area (Å²) >= 11 is 0. The Kier molecular flexibility index (Phi) is 6.21. The van der Waals surface area contributed by atoms with Crippen molar-refractivity contribution >= 4 is 21.6 Å². The van der Waals surface area contributed by atoms with E-state index < -0.39 is 15.9 Å². The molecule has 0 atom stereocenters. The Hall–Kier alpha value is -3.29. The second kappa shape index (κ2) is 8.81. The van der Waals surface area contributed by atoms with E-state index in [4.69, 9.17) is 0 Å². The molecule has 0 bridgehead atoms. The maximum Gasteiger partial charge on any atom is 0.271 e. The molecule has 0 saturated heterocycles. The van der Waals surface area contributed by atoms with E-state index in [1.54, 1.807) is 0 Å². The number of nitrogens with one attached hydrogen (secondary N) is 1. The summed E-state index contributed by atoms with van der Waals surface area (Å²) in [5.74, 6) is -0.428. The Morgan fingerprint density at radius 2 is 1.24 bits per heavy atom. The van der Waals surface area contributed by atoms with Gasteiger partial charge in [-0.1, -0.05) is 60.7 Å². The van der Waals surface area contributed by atoms with E-state index >= 15 is 0 Å². The van der Waals surface area contributed by atoms with Gasteiger partial charge in [0.15, 0.2) is 0 Å². The Morgan fingerprint density at radius 3 is 1.69 bits per heavy atom. The second-order valence-corrected chi connectivity index (χ2v) is 8.60. The van der Waals surface area contributed by atoms with Gasteiger partial charge in [0.25, 0.3) is 5.91 Å². The van der Waals surface area contributed by atoms with Crippen LogP contribution in [0.4, 0.5) is 0 Å². The molecule has 0 fully saturated rings. The molecule has 0 heterocycles. The number of hydrazone groups is 1. The van der Waals surface area contributed by atoms with Crippen LogP contribution in [-0.4, -0.2) is 38.4 Å². The fraction of sp³-hybridized carbons (Fsp3) is 0.0909. The molecule has 0 saturated carbocycles. The van der Waals surface area contributed by atoms with Crippen LogP contribution in [0.2, 0.25) is 0 Å². The van der Waals surface area contributed by atoms with Gasteiger partial charge in [-0.05, 0) is 24.3 Å². The quantitative estimate of drug-likeness (QED) is 0.504. The smallest absolute Gasteiger partial charge is 0.267 e. The van der Waals surface area contributed by atoms with Gasteiger partial charge < -0.3 is 0 Å². The number of hydrogen-bond acceptors (Lipinski definition) is 4. The molecule has 0 aliphatic carbocycles. The lowest BCUT2D eigenvalue weighted by Crippen LogP contribution is -2.23. The molecule has 3 rings (SSSR count). The zero-order valence-electron chi connectivity index (χ0n) is 16.1. The van der Waals surface area contributed by atoms with Crippen molar-refractivity contribution in [1.82, 2.24) is 9.73 Å². The van der Waals surface area contributed by atoms with Crippen LogP contribution in [0.25, 0.3) is 0 Å². The second-order valence-electron chi connectivity index (χ2n) is 6.45. The lowest BCUT2D eigenvalue weighted by Gasteiger charge is -2.11. The molecule has 3 aromatic carbocycles. The predicted octanol–water partition coefficient (Wildman–Crippen LogP) is 3.12. The number of nitrogens with zero attached hydrogens (tertiary/aromatic N) is 2. The lowest BCUT2D eigenvalue weighted by molar-refractivity contribution is 0.0955. The van der Waals surface area contributed by atoms with Crippen LogP contribution >= 0.6 is 0 Å². The van der Waals surface area contributed by atoms with Crippen molar-refractivity contribution in [3.05, 3.63) is 102 Å². The van der Waals surface area contributed by atoms with E-state index in [1.165, 1.54) is 38.4 Å². The fourth-order valence-electron chi connectivity index (χ4n) is 2.65. The van der Waals surface area contributed by atoms with Gasteiger partial charge in [-0.25, -0.2) is 18.1 Å². The number of amides is 1. The van der Waals surface area contributed by atoms with Crippen molar-refractivity contribution in [2.75, 3.05) is 14.1 Å². The number of rotatable bonds is 6. The van der Waals surface area contributed by atoms with Crippen molar-refractivity contribution < 1.29 is 13.2 Å². The minimum Gasteiger partial charge on any atom is -0.267 e. The SMILES string of the molecule is CN(C)S(=O)(=O)c1ccc(C(=O)NN=C(c2ccccc2)c2ccccc2)cc1. The third-order valence-electron chi connectivity index (χ3n) is 4.26. The van der Waals surface area contributed by atoms with Crippen molar-refractivity contribution in [2.45, 2.75) is 4.90 Å². The van der Waals surface area contributed by atoms with Crippen LogP contribution in [0.3, 0.4) is 0 Å². The van der Waals surface area contributed by atoms with Crippen LogP contribution in [0.5, 0.6) is 0 Å². The lowest BCUT2D eigenvalue weighted by atomic mass is 10.0. The highest BCUT2D eigenvalue weighted by molar-refractivity contribution is 7.89. The summed E-state index contributed by atoms with van der Waals surface area (Å²) < 4.78 is 25.4. The molecule has 7 heteroatoms. The first-order valence-electron chi connectivity index (χ1n) is 8.91. The van der Waals surface area contributed by atoms with Gasteiger partial charge in [0.1, 0.15) is 0 Å². The Morgan fingerprint density at radius 1 is 0.759 bits per heavy atom. The molecule has 0 radical (unpaired) electrons. The van der Waals surface area contributed by atoms with Gasteiger partial charge >= 0.3 is 0 Å². The molecule has 6 nitrogen and oxygen atoms in total. The molecular formula is C22H21N3O3S. The van der Waals surface area contributed by atoms with E-state index in [0.717, 1.165) is 15.4 Å². The fourth-order valence-corrected chi connectivity index (χ4v) is 3.55. The summed E-state index contributed by atoms with van der Waals surface area (Å²) in [5.41, 5.74) is 5.24. The van der Waals surface area contributed by atoms with Crippen LogP contribution in [-0.2, 0) is 10.0 Å². The number of sulfonamides is 1. The summed E-state index contributed by atoms with van der Waals surface area (Å²) in [4.78, 5) is 12.7. The third kappa shape index (κ3) is 4.77. The van der Waals surface area contributed by atoms with Crippen molar-refractivity contribution in [3.63, 3.8) is 0 Å². The molecule has 0 aliphatic heterocycles. The molecule has 29 heavy (non-hydrogen) atoms. The molecule has 1 N–H and O–H groups in total. The number of carbonyl (C=O) groups excluding carboxylic acids is 1. The summed E-state index contributed by atoms with van der Waals surface area (Å²) in [6.07, 6.45) is 0. The van der Waals surface area contributed by atoms with Gasteiger partial charge in [-0.15, -0.1) is 0 Å². The molecule has 3 aromatic rings. The van der Waals surface area contributed by atoms with Crippen LogP contribution in [0.15, 0.2) is 94.9 Å². The van der Waals surface area contributed by atoms with E-state index in [2.05, 4.69) is 10.5 Å². The zero-order chi connectivity index (χ0) is 20.9. The largest absolute Gasteiger partial charge is 0.271 e. The molecule has 0 unspecified atom stereocenters. The Balaban J connectivity index is 1.85. The summed E-state index contributed by atoms with van der Waals surface area (Å²) in [5, 5.41) is 4.33. The first kappa shape index (κ1) is 20.4. The third-order valence-corrected chi connectivity index (χ3v) is 6.09. The van der Waals surface area contributed by atoms with Gasteiger partial charge in [0, 0.05) is 30.8 Å². The van der Waals surface area contributed by atoms with Crippen molar-refractivity contribution in [2.24, 2.45) is 5.10 Å². The minimum absolute atomic E-state index is 0.122. The highest BCUT2D eigenvalue weighted by Gasteiger charge is 2.17. The van der Waals surface area contributed by atoms with Gasteiger partial charge in [-0.2, -0.15) is 5.10 Å². The van der Waals surface area contributed by atoms with Crippen LogP contribution in [0, 0.1) is 0 Å². The molecule has 0 aromatic heterocycles. The van der Waals surface area contributed by atoms with E-state index in [-0.39, 0.29) is 4.90 Å². The summed E-state index contributed by atoms with van der Waals surface area (Å²) in [6, 6.07) is 24.8. The number of hydrogen-bond donors (Lipinski definition) is 1. The Labute approximate surface area is 170 Å². The highest BCUT2D eigenvalue weighted by atomic mass is 32.2. The van der Waals surface area contributed by atoms with Crippen LogP contribution in [0.1, 0.15) is 21.5 Å². The number of carbonyl (C=O) groups is 1. The standard InChI is InChI=1S/C22H21N3O3S/c1-25(2)29(27,28)20-15-13-19(14-16-20)22(26)24-23-21(17-9-5-3-6-10-17)18-11-7-4-8-12-18/h3-16H,1-2H3,(H,24,26). The minimum atomic E-state index is -3.54. The number of benzene rings is 3. The monoisotopic (exact) mass is 407 g/mol. The molecule has 0 aliphatic rings. The van der Waals surface area contributed by atoms with Gasteiger partial charge in [-0.3, -0.25) is 4.79 Å².